The molecule has 1 saturated heterocycles. The van der Waals surface area contributed by atoms with E-state index < -0.39 is 10.0 Å². The monoisotopic (exact) mass is 313 g/mol. The van der Waals surface area contributed by atoms with Gasteiger partial charge in [-0.25, -0.2) is 12.7 Å². The molecule has 1 aliphatic heterocycles. The van der Waals surface area contributed by atoms with Crippen molar-refractivity contribution in [3.8, 4) is 0 Å². The van der Waals surface area contributed by atoms with E-state index in [-0.39, 0.29) is 6.10 Å². The maximum atomic E-state index is 12.2. The molecule has 1 unspecified atom stereocenters. The largest absolute Gasteiger partial charge is 0.374 e. The van der Waals surface area contributed by atoms with E-state index in [1.54, 1.807) is 18.2 Å². The minimum Gasteiger partial charge on any atom is -0.374 e. The summed E-state index contributed by atoms with van der Waals surface area (Å²) in [7, 11) is -0.310. The van der Waals surface area contributed by atoms with Gasteiger partial charge in [0.1, 0.15) is 0 Å². The third-order valence-electron chi connectivity index (χ3n) is 3.57. The minimum atomic E-state index is -3.39. The molecule has 1 atom stereocenters. The summed E-state index contributed by atoms with van der Waals surface area (Å²) in [6.45, 7) is 3.49. The first kappa shape index (κ1) is 16.4. The molecule has 0 radical (unpaired) electrons. The fourth-order valence-electron chi connectivity index (χ4n) is 2.34. The van der Waals surface area contributed by atoms with Crippen LogP contribution in [0.4, 0.5) is 0 Å². The first-order valence-corrected chi connectivity index (χ1v) is 8.43. The molecular weight excluding hydrogens is 290 g/mol. The highest BCUT2D eigenvalue weighted by atomic mass is 32.2. The lowest BCUT2D eigenvalue weighted by molar-refractivity contribution is -0.0260. The highest BCUT2D eigenvalue weighted by molar-refractivity contribution is 7.89. The molecule has 2 rings (SSSR count). The van der Waals surface area contributed by atoms with Crippen molar-refractivity contribution in [1.82, 2.24) is 9.21 Å². The van der Waals surface area contributed by atoms with Gasteiger partial charge < -0.3 is 10.5 Å². The number of sulfonamides is 1. The summed E-state index contributed by atoms with van der Waals surface area (Å²) in [6, 6.07) is 7.09. The molecule has 0 bridgehead atoms. The Morgan fingerprint density at radius 3 is 2.86 bits per heavy atom. The van der Waals surface area contributed by atoms with Gasteiger partial charge in [0.15, 0.2) is 0 Å². The zero-order valence-corrected chi connectivity index (χ0v) is 13.3. The Kier molecular flexibility index (Phi) is 5.34. The van der Waals surface area contributed by atoms with E-state index in [4.69, 9.17) is 10.5 Å². The Morgan fingerprint density at radius 1 is 1.43 bits per heavy atom. The Labute approximate surface area is 126 Å². The van der Waals surface area contributed by atoms with Crippen LogP contribution in [0, 0.1) is 0 Å². The number of nitrogens with two attached hydrogens (primary N) is 1. The summed E-state index contributed by atoms with van der Waals surface area (Å²) in [5.41, 5.74) is 6.62. The summed E-state index contributed by atoms with van der Waals surface area (Å²) in [5, 5.41) is 0. The van der Waals surface area contributed by atoms with Crippen molar-refractivity contribution in [1.29, 1.82) is 0 Å². The topological polar surface area (TPSA) is 75.9 Å². The molecule has 0 spiro atoms. The van der Waals surface area contributed by atoms with Crippen molar-refractivity contribution in [2.45, 2.75) is 17.5 Å². The zero-order valence-electron chi connectivity index (χ0n) is 12.5. The molecule has 1 heterocycles. The number of morpholine rings is 1. The predicted molar refractivity (Wildman–Crippen MR) is 81.4 cm³/mol. The van der Waals surface area contributed by atoms with Gasteiger partial charge in [0.05, 0.1) is 17.6 Å². The molecule has 0 saturated carbocycles. The number of hydrogen-bond donors (Lipinski definition) is 1. The van der Waals surface area contributed by atoms with Crippen LogP contribution in [0.5, 0.6) is 0 Å². The zero-order chi connectivity index (χ0) is 15.5. The maximum Gasteiger partial charge on any atom is 0.242 e. The van der Waals surface area contributed by atoms with Crippen LogP contribution in [-0.2, 0) is 21.3 Å². The van der Waals surface area contributed by atoms with Crippen LogP contribution in [0.3, 0.4) is 0 Å². The number of ether oxygens (including phenoxy) is 1. The molecule has 118 valence electrons. The van der Waals surface area contributed by atoms with E-state index in [2.05, 4.69) is 4.90 Å². The van der Waals surface area contributed by atoms with Crippen molar-refractivity contribution in [2.24, 2.45) is 5.73 Å². The average Bonchev–Trinajstić information content (AvgIpc) is 2.47. The summed E-state index contributed by atoms with van der Waals surface area (Å²) >= 11 is 0. The van der Waals surface area contributed by atoms with Crippen LogP contribution in [-0.4, -0.2) is 64.1 Å². The Bertz CT molecular complexity index is 575. The molecule has 1 aromatic carbocycles. The van der Waals surface area contributed by atoms with Crippen molar-refractivity contribution in [3.05, 3.63) is 29.8 Å². The lowest BCUT2D eigenvalue weighted by Gasteiger charge is -2.32. The number of hydrogen-bond acceptors (Lipinski definition) is 5. The van der Waals surface area contributed by atoms with E-state index in [9.17, 15) is 8.42 Å². The molecule has 2 N–H and O–H groups in total. The van der Waals surface area contributed by atoms with Crippen LogP contribution < -0.4 is 5.73 Å². The Hall–Kier alpha value is -0.990. The summed E-state index contributed by atoms with van der Waals surface area (Å²) in [4.78, 5) is 2.57. The minimum absolute atomic E-state index is 0.0624. The van der Waals surface area contributed by atoms with Gasteiger partial charge in [-0.2, -0.15) is 0 Å². The fraction of sp³-hybridized carbons (Fsp3) is 0.571. The third kappa shape index (κ3) is 4.02. The highest BCUT2D eigenvalue weighted by Gasteiger charge is 2.21. The first-order valence-electron chi connectivity index (χ1n) is 6.99. The lowest BCUT2D eigenvalue weighted by atomic mass is 10.2. The standard InChI is InChI=1S/C14H23N3O3S/c1-16(2)21(18,19)14-5-3-4-12(8-14)10-17-6-7-20-13(9-15)11-17/h3-5,8,13H,6-7,9-11,15H2,1-2H3. The van der Waals surface area contributed by atoms with Crippen LogP contribution in [0.2, 0.25) is 0 Å². The molecule has 1 aromatic rings. The fourth-order valence-corrected chi connectivity index (χ4v) is 3.31. The summed E-state index contributed by atoms with van der Waals surface area (Å²) < 4.78 is 31.1. The second-order valence-electron chi connectivity index (χ2n) is 5.40. The maximum absolute atomic E-state index is 12.2. The van der Waals surface area contributed by atoms with Crippen LogP contribution in [0.15, 0.2) is 29.2 Å². The number of benzene rings is 1. The summed E-state index contributed by atoms with van der Waals surface area (Å²) in [5.74, 6) is 0. The molecule has 0 amide bonds. The molecule has 0 aromatic heterocycles. The average molecular weight is 313 g/mol. The number of nitrogens with zero attached hydrogens (tertiary/aromatic N) is 2. The molecular formula is C14H23N3O3S. The Morgan fingerprint density at radius 2 is 2.19 bits per heavy atom. The van der Waals surface area contributed by atoms with Gasteiger partial charge in [-0.05, 0) is 17.7 Å². The molecule has 7 heteroatoms. The van der Waals surface area contributed by atoms with E-state index >= 15 is 0 Å². The van der Waals surface area contributed by atoms with Crippen molar-refractivity contribution in [3.63, 3.8) is 0 Å². The SMILES string of the molecule is CN(C)S(=O)(=O)c1cccc(CN2CCOC(CN)C2)c1. The van der Waals surface area contributed by atoms with Gasteiger partial charge in [0.25, 0.3) is 0 Å². The van der Waals surface area contributed by atoms with Crippen LogP contribution in [0.25, 0.3) is 0 Å². The molecule has 1 fully saturated rings. The smallest absolute Gasteiger partial charge is 0.242 e. The molecule has 6 nitrogen and oxygen atoms in total. The third-order valence-corrected chi connectivity index (χ3v) is 5.38. The van der Waals surface area contributed by atoms with E-state index in [1.165, 1.54) is 18.4 Å². The second kappa shape index (κ2) is 6.85. The van der Waals surface area contributed by atoms with Gasteiger partial charge in [0, 0.05) is 40.3 Å². The molecule has 21 heavy (non-hydrogen) atoms. The van der Waals surface area contributed by atoms with Crippen molar-refractivity contribution >= 4 is 10.0 Å². The van der Waals surface area contributed by atoms with Crippen LogP contribution >= 0.6 is 0 Å². The molecule has 0 aliphatic carbocycles. The highest BCUT2D eigenvalue weighted by Crippen LogP contribution is 2.17. The van der Waals surface area contributed by atoms with E-state index in [0.717, 1.165) is 18.7 Å². The van der Waals surface area contributed by atoms with Crippen molar-refractivity contribution < 1.29 is 13.2 Å². The number of rotatable bonds is 5. The van der Waals surface area contributed by atoms with Crippen molar-refractivity contribution in [2.75, 3.05) is 40.3 Å². The van der Waals surface area contributed by atoms with Gasteiger partial charge in [-0.15, -0.1) is 0 Å². The lowest BCUT2D eigenvalue weighted by Crippen LogP contribution is -2.45. The van der Waals surface area contributed by atoms with Gasteiger partial charge in [-0.3, -0.25) is 4.90 Å². The van der Waals surface area contributed by atoms with E-state index in [1.807, 2.05) is 6.07 Å². The second-order valence-corrected chi connectivity index (χ2v) is 7.55. The van der Waals surface area contributed by atoms with E-state index in [0.29, 0.717) is 24.6 Å². The first-order chi connectivity index (χ1) is 9.93. The molecule has 1 aliphatic rings. The Balaban J connectivity index is 2.11. The summed E-state index contributed by atoms with van der Waals surface area (Å²) in [6.07, 6.45) is 0.0624. The predicted octanol–water partition coefficient (Wildman–Crippen LogP) is 0.0964. The quantitative estimate of drug-likeness (QED) is 0.834. The van der Waals surface area contributed by atoms with Gasteiger partial charge in [-0.1, -0.05) is 12.1 Å². The van der Waals surface area contributed by atoms with Crippen LogP contribution in [0.1, 0.15) is 5.56 Å². The van der Waals surface area contributed by atoms with Gasteiger partial charge in [0.2, 0.25) is 10.0 Å². The normalized spacial score (nSPS) is 20.9. The van der Waals surface area contributed by atoms with Gasteiger partial charge >= 0.3 is 0 Å².